The number of anilines is 1. The largest absolute Gasteiger partial charge is 0.367 e. The van der Waals surface area contributed by atoms with Crippen molar-refractivity contribution in [3.05, 3.63) is 40.9 Å². The van der Waals surface area contributed by atoms with E-state index >= 15 is 0 Å². The summed E-state index contributed by atoms with van der Waals surface area (Å²) >= 11 is 3.45. The molecule has 0 aliphatic heterocycles. The normalized spacial score (nSPS) is 11.4. The third-order valence-electron chi connectivity index (χ3n) is 2.51. The van der Waals surface area contributed by atoms with Gasteiger partial charge in [0.2, 0.25) is 0 Å². The molecule has 2 rings (SSSR count). The van der Waals surface area contributed by atoms with E-state index in [1.165, 1.54) is 0 Å². The van der Waals surface area contributed by atoms with Crippen LogP contribution in [0.5, 0.6) is 0 Å². The third-order valence-corrected chi connectivity index (χ3v) is 3.00. The van der Waals surface area contributed by atoms with E-state index in [2.05, 4.69) is 31.4 Å². The molecule has 0 aliphatic rings. The Kier molecular flexibility index (Phi) is 4.17. The number of hydrogen-bond acceptors (Lipinski definition) is 4. The van der Waals surface area contributed by atoms with E-state index < -0.39 is 0 Å². The highest BCUT2D eigenvalue weighted by atomic mass is 79.9. The Morgan fingerprint density at radius 1 is 1.21 bits per heavy atom. The predicted octanol–water partition coefficient (Wildman–Crippen LogP) is 3.06. The van der Waals surface area contributed by atoms with Crippen LogP contribution in [0.25, 0.3) is 11.3 Å². The van der Waals surface area contributed by atoms with Crippen molar-refractivity contribution in [1.82, 2.24) is 10.2 Å². The first-order valence-corrected chi connectivity index (χ1v) is 6.86. The average Bonchev–Trinajstić information content (AvgIpc) is 2.36. The van der Waals surface area contributed by atoms with Crippen LogP contribution < -0.4 is 11.1 Å². The Hall–Kier alpha value is -1.46. The standard InChI is InChI=1S/C14H17BrN4/c1-14(2,16)9-17-13-7-6-12(18-19-13)10-4-3-5-11(15)8-10/h3-8H,9,16H2,1-2H3,(H,17,19). The Labute approximate surface area is 121 Å². The van der Waals surface area contributed by atoms with E-state index in [0.29, 0.717) is 6.54 Å². The Morgan fingerprint density at radius 2 is 2.00 bits per heavy atom. The van der Waals surface area contributed by atoms with Crippen LogP contribution >= 0.6 is 15.9 Å². The van der Waals surface area contributed by atoms with Crippen LogP contribution in [0.3, 0.4) is 0 Å². The zero-order chi connectivity index (χ0) is 13.9. The minimum atomic E-state index is -0.273. The van der Waals surface area contributed by atoms with Gasteiger partial charge in [-0.1, -0.05) is 28.1 Å². The zero-order valence-corrected chi connectivity index (χ0v) is 12.6. The molecule has 1 heterocycles. The quantitative estimate of drug-likeness (QED) is 0.908. The van der Waals surface area contributed by atoms with Crippen molar-refractivity contribution < 1.29 is 0 Å². The summed E-state index contributed by atoms with van der Waals surface area (Å²) in [5.74, 6) is 0.734. The van der Waals surface area contributed by atoms with Crippen LogP contribution in [0.1, 0.15) is 13.8 Å². The lowest BCUT2D eigenvalue weighted by Crippen LogP contribution is -2.39. The minimum absolute atomic E-state index is 0.273. The maximum Gasteiger partial charge on any atom is 0.148 e. The van der Waals surface area contributed by atoms with Crippen LogP contribution in [0.15, 0.2) is 40.9 Å². The molecule has 0 fully saturated rings. The van der Waals surface area contributed by atoms with Gasteiger partial charge in [0.1, 0.15) is 5.82 Å². The highest BCUT2D eigenvalue weighted by Crippen LogP contribution is 2.21. The van der Waals surface area contributed by atoms with Crippen LogP contribution in [0, 0.1) is 0 Å². The average molecular weight is 321 g/mol. The topological polar surface area (TPSA) is 63.8 Å². The van der Waals surface area contributed by atoms with Crippen LogP contribution in [-0.4, -0.2) is 22.3 Å². The summed E-state index contributed by atoms with van der Waals surface area (Å²) in [5, 5.41) is 11.5. The fourth-order valence-corrected chi connectivity index (χ4v) is 1.95. The molecule has 0 unspecified atom stereocenters. The van der Waals surface area contributed by atoms with E-state index in [-0.39, 0.29) is 5.54 Å². The first kappa shape index (κ1) is 14.0. The summed E-state index contributed by atoms with van der Waals surface area (Å²) in [5.41, 5.74) is 7.51. The molecule has 0 saturated carbocycles. The van der Waals surface area contributed by atoms with Gasteiger partial charge in [0, 0.05) is 22.1 Å². The number of halogens is 1. The van der Waals surface area contributed by atoms with Crippen molar-refractivity contribution in [1.29, 1.82) is 0 Å². The van der Waals surface area contributed by atoms with E-state index in [1.54, 1.807) is 0 Å². The summed E-state index contributed by atoms with van der Waals surface area (Å²) in [6.07, 6.45) is 0. The molecule has 0 radical (unpaired) electrons. The second-order valence-corrected chi connectivity index (χ2v) is 6.07. The van der Waals surface area contributed by atoms with Crippen molar-refractivity contribution in [2.75, 3.05) is 11.9 Å². The molecule has 0 saturated heterocycles. The predicted molar refractivity (Wildman–Crippen MR) is 81.9 cm³/mol. The summed E-state index contributed by atoms with van der Waals surface area (Å²) in [7, 11) is 0. The van der Waals surface area contributed by atoms with Crippen LogP contribution in [-0.2, 0) is 0 Å². The maximum atomic E-state index is 5.91. The summed E-state index contributed by atoms with van der Waals surface area (Å²) in [6.45, 7) is 4.57. The fraction of sp³-hybridized carbons (Fsp3) is 0.286. The van der Waals surface area contributed by atoms with E-state index in [9.17, 15) is 0 Å². The van der Waals surface area contributed by atoms with Gasteiger partial charge in [0.25, 0.3) is 0 Å². The minimum Gasteiger partial charge on any atom is -0.367 e. The molecule has 1 aromatic heterocycles. The molecule has 0 amide bonds. The molecule has 1 aromatic carbocycles. The van der Waals surface area contributed by atoms with Gasteiger partial charge in [0.15, 0.2) is 0 Å². The first-order chi connectivity index (χ1) is 8.94. The molecule has 100 valence electrons. The molecule has 0 aliphatic carbocycles. The van der Waals surface area contributed by atoms with Gasteiger partial charge in [-0.15, -0.1) is 10.2 Å². The smallest absolute Gasteiger partial charge is 0.148 e. The highest BCUT2D eigenvalue weighted by molar-refractivity contribution is 9.10. The van der Waals surface area contributed by atoms with E-state index in [0.717, 1.165) is 21.5 Å². The molecule has 4 nitrogen and oxygen atoms in total. The lowest BCUT2D eigenvalue weighted by molar-refractivity contribution is 0.548. The van der Waals surface area contributed by atoms with Crippen molar-refractivity contribution in [2.45, 2.75) is 19.4 Å². The van der Waals surface area contributed by atoms with Gasteiger partial charge < -0.3 is 11.1 Å². The molecule has 2 aromatic rings. The number of aromatic nitrogens is 2. The van der Waals surface area contributed by atoms with Crippen molar-refractivity contribution >= 4 is 21.7 Å². The molecule has 0 spiro atoms. The molecular formula is C14H17BrN4. The van der Waals surface area contributed by atoms with Crippen molar-refractivity contribution in [2.24, 2.45) is 5.73 Å². The maximum absolute atomic E-state index is 5.91. The van der Waals surface area contributed by atoms with Crippen molar-refractivity contribution in [3.63, 3.8) is 0 Å². The molecule has 19 heavy (non-hydrogen) atoms. The van der Waals surface area contributed by atoms with E-state index in [4.69, 9.17) is 5.73 Å². The second kappa shape index (κ2) is 5.67. The van der Waals surface area contributed by atoms with Crippen molar-refractivity contribution in [3.8, 4) is 11.3 Å². The number of rotatable bonds is 4. The summed E-state index contributed by atoms with van der Waals surface area (Å²) in [4.78, 5) is 0. The highest BCUT2D eigenvalue weighted by Gasteiger charge is 2.10. The van der Waals surface area contributed by atoms with E-state index in [1.807, 2.05) is 50.2 Å². The monoisotopic (exact) mass is 320 g/mol. The second-order valence-electron chi connectivity index (χ2n) is 5.16. The molecule has 0 atom stereocenters. The zero-order valence-electron chi connectivity index (χ0n) is 11.0. The number of nitrogens with zero attached hydrogens (tertiary/aromatic N) is 2. The number of nitrogens with two attached hydrogens (primary N) is 1. The van der Waals surface area contributed by atoms with Crippen LogP contribution in [0.2, 0.25) is 0 Å². The Morgan fingerprint density at radius 3 is 2.58 bits per heavy atom. The summed E-state index contributed by atoms with van der Waals surface area (Å²) in [6, 6.07) is 11.8. The van der Waals surface area contributed by atoms with Gasteiger partial charge >= 0.3 is 0 Å². The number of benzene rings is 1. The Balaban J connectivity index is 2.10. The van der Waals surface area contributed by atoms with Gasteiger partial charge in [0.05, 0.1) is 5.69 Å². The van der Waals surface area contributed by atoms with Crippen LogP contribution in [0.4, 0.5) is 5.82 Å². The molecule has 5 heteroatoms. The lowest BCUT2D eigenvalue weighted by Gasteiger charge is -2.18. The number of hydrogen-bond donors (Lipinski definition) is 2. The molecule has 0 bridgehead atoms. The first-order valence-electron chi connectivity index (χ1n) is 6.06. The number of nitrogens with one attached hydrogen (secondary N) is 1. The summed E-state index contributed by atoms with van der Waals surface area (Å²) < 4.78 is 1.03. The SMILES string of the molecule is CC(C)(N)CNc1ccc(-c2cccc(Br)c2)nn1. The fourth-order valence-electron chi connectivity index (χ4n) is 1.55. The Bertz CT molecular complexity index is 546. The van der Waals surface area contributed by atoms with Gasteiger partial charge in [-0.25, -0.2) is 0 Å². The molecule has 3 N–H and O–H groups in total. The van der Waals surface area contributed by atoms with Gasteiger partial charge in [-0.3, -0.25) is 0 Å². The van der Waals surface area contributed by atoms with Gasteiger partial charge in [-0.05, 0) is 38.1 Å². The third kappa shape index (κ3) is 4.29. The lowest BCUT2D eigenvalue weighted by atomic mass is 10.1. The molecular weight excluding hydrogens is 304 g/mol. The van der Waals surface area contributed by atoms with Gasteiger partial charge in [-0.2, -0.15) is 0 Å².